The maximum atomic E-state index is 10.6. The Kier molecular flexibility index (Phi) is 3.72. The molecule has 13 heavy (non-hydrogen) atoms. The molecule has 0 saturated carbocycles. The van der Waals surface area contributed by atoms with E-state index in [4.69, 9.17) is 0 Å². The first-order chi connectivity index (χ1) is 6.01. The molecule has 0 atom stereocenters. The van der Waals surface area contributed by atoms with Gasteiger partial charge in [0.2, 0.25) is 0 Å². The lowest BCUT2D eigenvalue weighted by atomic mass is 10.8. The van der Waals surface area contributed by atoms with Crippen LogP contribution in [0.25, 0.3) is 0 Å². The molecule has 1 rings (SSSR count). The lowest BCUT2D eigenvalue weighted by Crippen LogP contribution is -2.02. The molecular weight excluding hydrogens is 230 g/mol. The minimum absolute atomic E-state index is 0.0318. The minimum atomic E-state index is -3.36. The normalized spacial score (nSPS) is 11.8. The first-order valence-electron chi connectivity index (χ1n) is 3.34. The fourth-order valence-corrected chi connectivity index (χ4v) is 2.37. The molecule has 0 aliphatic heterocycles. The maximum Gasteiger partial charge on any atom is 0.264 e. The van der Waals surface area contributed by atoms with Crippen molar-refractivity contribution in [3.05, 3.63) is 10.4 Å². The molecule has 1 heterocycles. The van der Waals surface area contributed by atoms with E-state index in [-0.39, 0.29) is 6.61 Å². The summed E-state index contributed by atoms with van der Waals surface area (Å²) in [6.07, 6.45) is 2.94. The lowest BCUT2D eigenvalue weighted by molar-refractivity contribution is 0.310. The summed E-state index contributed by atoms with van der Waals surface area (Å²) in [5, 5.41) is 3.43. The van der Waals surface area contributed by atoms with Gasteiger partial charge in [0, 0.05) is 5.38 Å². The quantitative estimate of drug-likeness (QED) is 0.586. The van der Waals surface area contributed by atoms with Crippen LogP contribution in [0.15, 0.2) is 10.4 Å². The molecule has 0 aliphatic rings. The Labute approximate surface area is 85.5 Å². The summed E-state index contributed by atoms with van der Waals surface area (Å²) in [7, 11) is -3.36. The van der Waals surface area contributed by atoms with Gasteiger partial charge in [-0.3, -0.25) is 4.18 Å². The van der Waals surface area contributed by atoms with Gasteiger partial charge in [0.15, 0.2) is 0 Å². The third-order valence-corrected chi connectivity index (χ3v) is 3.28. The van der Waals surface area contributed by atoms with Crippen molar-refractivity contribution < 1.29 is 12.6 Å². The summed E-state index contributed by atoms with van der Waals surface area (Å²) in [4.78, 5) is 4.12. The van der Waals surface area contributed by atoms with Gasteiger partial charge in [-0.1, -0.05) is 0 Å². The first-order valence-corrected chi connectivity index (χ1v) is 7.26. The van der Waals surface area contributed by atoms with E-state index in [1.165, 1.54) is 23.1 Å². The topological polar surface area (TPSA) is 56.3 Å². The fourth-order valence-electron chi connectivity index (χ4n) is 0.612. The summed E-state index contributed by atoms with van der Waals surface area (Å²) in [6.45, 7) is 0.0318. The zero-order valence-electron chi connectivity index (χ0n) is 7.18. The SMILES string of the molecule is CSc1csc(COS(C)(=O)=O)n1. The van der Waals surface area contributed by atoms with Gasteiger partial charge in [-0.25, -0.2) is 4.98 Å². The van der Waals surface area contributed by atoms with Crippen LogP contribution in [-0.4, -0.2) is 25.9 Å². The van der Waals surface area contributed by atoms with Crippen molar-refractivity contribution in [2.45, 2.75) is 11.6 Å². The molecule has 1 aromatic heterocycles. The molecule has 0 unspecified atom stereocenters. The maximum absolute atomic E-state index is 10.6. The van der Waals surface area contributed by atoms with Gasteiger partial charge >= 0.3 is 0 Å². The van der Waals surface area contributed by atoms with Crippen LogP contribution >= 0.6 is 23.1 Å². The second-order valence-electron chi connectivity index (χ2n) is 2.25. The van der Waals surface area contributed by atoms with Crippen molar-refractivity contribution in [1.82, 2.24) is 4.98 Å². The van der Waals surface area contributed by atoms with Crippen LogP contribution in [0.2, 0.25) is 0 Å². The Bertz CT molecular complexity index is 370. The number of aromatic nitrogens is 1. The van der Waals surface area contributed by atoms with Gasteiger partial charge in [0.25, 0.3) is 10.1 Å². The Morgan fingerprint density at radius 3 is 2.85 bits per heavy atom. The van der Waals surface area contributed by atoms with Gasteiger partial charge in [-0.2, -0.15) is 8.42 Å². The van der Waals surface area contributed by atoms with Crippen molar-refractivity contribution in [2.24, 2.45) is 0 Å². The van der Waals surface area contributed by atoms with E-state index in [9.17, 15) is 8.42 Å². The van der Waals surface area contributed by atoms with Crippen LogP contribution in [-0.2, 0) is 20.9 Å². The van der Waals surface area contributed by atoms with Crippen LogP contribution < -0.4 is 0 Å². The number of thioether (sulfide) groups is 1. The van der Waals surface area contributed by atoms with Crippen molar-refractivity contribution in [3.8, 4) is 0 Å². The first kappa shape index (κ1) is 11.0. The number of hydrogen-bond acceptors (Lipinski definition) is 6. The summed E-state index contributed by atoms with van der Waals surface area (Å²) in [5.41, 5.74) is 0. The Morgan fingerprint density at radius 2 is 2.38 bits per heavy atom. The van der Waals surface area contributed by atoms with Gasteiger partial charge in [0.05, 0.1) is 6.26 Å². The zero-order valence-corrected chi connectivity index (χ0v) is 9.63. The minimum Gasteiger partial charge on any atom is -0.263 e. The van der Waals surface area contributed by atoms with Crippen LogP contribution in [0, 0.1) is 0 Å². The summed E-state index contributed by atoms with van der Waals surface area (Å²) in [6, 6.07) is 0. The summed E-state index contributed by atoms with van der Waals surface area (Å²) in [5.74, 6) is 0. The summed E-state index contributed by atoms with van der Waals surface area (Å²) < 4.78 is 25.8. The van der Waals surface area contributed by atoms with Gasteiger partial charge < -0.3 is 0 Å². The molecule has 74 valence electrons. The number of hydrogen-bond donors (Lipinski definition) is 0. The average molecular weight is 239 g/mol. The average Bonchev–Trinajstić information content (AvgIpc) is 2.47. The highest BCUT2D eigenvalue weighted by Gasteiger charge is 2.05. The van der Waals surface area contributed by atoms with E-state index in [1.54, 1.807) is 0 Å². The van der Waals surface area contributed by atoms with Crippen molar-refractivity contribution >= 4 is 33.2 Å². The van der Waals surface area contributed by atoms with Gasteiger partial charge in [-0.15, -0.1) is 23.1 Å². The monoisotopic (exact) mass is 239 g/mol. The van der Waals surface area contributed by atoms with E-state index in [1.807, 2.05) is 11.6 Å². The molecule has 0 aliphatic carbocycles. The molecule has 0 fully saturated rings. The molecule has 0 N–H and O–H groups in total. The number of nitrogens with zero attached hydrogens (tertiary/aromatic N) is 1. The fraction of sp³-hybridized carbons (Fsp3) is 0.500. The highest BCUT2D eigenvalue weighted by Crippen LogP contribution is 2.18. The molecule has 0 aromatic carbocycles. The van der Waals surface area contributed by atoms with E-state index in [0.717, 1.165) is 11.3 Å². The van der Waals surface area contributed by atoms with Crippen molar-refractivity contribution in [1.29, 1.82) is 0 Å². The third kappa shape index (κ3) is 4.08. The summed E-state index contributed by atoms with van der Waals surface area (Å²) >= 11 is 2.91. The number of rotatable bonds is 4. The van der Waals surface area contributed by atoms with Crippen LogP contribution in [0.4, 0.5) is 0 Å². The molecule has 1 aromatic rings. The molecule has 7 heteroatoms. The largest absolute Gasteiger partial charge is 0.264 e. The molecule has 0 radical (unpaired) electrons. The second-order valence-corrected chi connectivity index (χ2v) is 5.66. The smallest absolute Gasteiger partial charge is 0.263 e. The molecule has 0 bridgehead atoms. The second kappa shape index (κ2) is 4.41. The van der Waals surface area contributed by atoms with E-state index in [2.05, 4.69) is 9.17 Å². The lowest BCUT2D eigenvalue weighted by Gasteiger charge is -1.95. The number of thiazole rings is 1. The predicted molar refractivity (Wildman–Crippen MR) is 53.5 cm³/mol. The third-order valence-electron chi connectivity index (χ3n) is 1.14. The van der Waals surface area contributed by atoms with Gasteiger partial charge in [-0.05, 0) is 6.26 Å². The Hall–Kier alpha value is -0.110. The van der Waals surface area contributed by atoms with Crippen LogP contribution in [0.5, 0.6) is 0 Å². The molecule has 4 nitrogen and oxygen atoms in total. The van der Waals surface area contributed by atoms with Crippen LogP contribution in [0.1, 0.15) is 5.01 Å². The molecule has 0 amide bonds. The van der Waals surface area contributed by atoms with Crippen LogP contribution in [0.3, 0.4) is 0 Å². The molecular formula is C6H9NO3S3. The Morgan fingerprint density at radius 1 is 1.69 bits per heavy atom. The molecule has 0 saturated heterocycles. The van der Waals surface area contributed by atoms with Gasteiger partial charge in [0.1, 0.15) is 16.6 Å². The Balaban J connectivity index is 2.55. The highest BCUT2D eigenvalue weighted by molar-refractivity contribution is 7.98. The standard InChI is InChI=1S/C6H9NO3S3/c1-11-6-4-12-5(7-6)3-10-13(2,8)9/h4H,3H2,1-2H3. The van der Waals surface area contributed by atoms with E-state index in [0.29, 0.717) is 5.01 Å². The van der Waals surface area contributed by atoms with Crippen molar-refractivity contribution in [2.75, 3.05) is 12.5 Å². The van der Waals surface area contributed by atoms with Crippen molar-refractivity contribution in [3.63, 3.8) is 0 Å². The zero-order chi connectivity index (χ0) is 9.90. The van der Waals surface area contributed by atoms with E-state index >= 15 is 0 Å². The predicted octanol–water partition coefficient (Wildman–Crippen LogP) is 1.34. The highest BCUT2D eigenvalue weighted by atomic mass is 32.2. The molecule has 0 spiro atoms. The van der Waals surface area contributed by atoms with E-state index < -0.39 is 10.1 Å².